The van der Waals surface area contributed by atoms with Crippen LogP contribution < -0.4 is 10.3 Å². The maximum atomic E-state index is 13.6. The van der Waals surface area contributed by atoms with Crippen molar-refractivity contribution in [2.45, 2.75) is 35.5 Å². The van der Waals surface area contributed by atoms with Crippen LogP contribution in [0, 0.1) is 0 Å². The molecule has 3 rings (SSSR count). The second-order valence-corrected chi connectivity index (χ2v) is 8.35. The van der Waals surface area contributed by atoms with Crippen molar-refractivity contribution >= 4 is 11.8 Å². The van der Waals surface area contributed by atoms with Crippen molar-refractivity contribution in [3.63, 3.8) is 0 Å². The summed E-state index contributed by atoms with van der Waals surface area (Å²) < 4.78 is 47.0. The van der Waals surface area contributed by atoms with Crippen LogP contribution in [0.4, 0.5) is 13.2 Å². The monoisotopic (exact) mass is 452 g/mol. The number of alkyl halides is 3. The summed E-state index contributed by atoms with van der Waals surface area (Å²) in [5, 5.41) is 19.2. The minimum atomic E-state index is -4.73. The number of benzene rings is 2. The Morgan fingerprint density at radius 2 is 1.81 bits per heavy atom. The van der Waals surface area contributed by atoms with Gasteiger partial charge in [0.2, 0.25) is 0 Å². The van der Waals surface area contributed by atoms with E-state index < -0.39 is 28.6 Å². The summed E-state index contributed by atoms with van der Waals surface area (Å²) in [7, 11) is 0. The number of nitrogens with zero attached hydrogens (tertiary/aromatic N) is 2. The Balaban J connectivity index is 1.98. The molecule has 1 aromatic heterocycles. The molecule has 0 unspecified atom stereocenters. The first kappa shape index (κ1) is 22.7. The van der Waals surface area contributed by atoms with E-state index in [0.29, 0.717) is 4.90 Å². The van der Waals surface area contributed by atoms with Gasteiger partial charge < -0.3 is 14.9 Å². The first-order valence-corrected chi connectivity index (χ1v) is 9.87. The Hall–Kier alpha value is -2.98. The molecule has 0 fully saturated rings. The summed E-state index contributed by atoms with van der Waals surface area (Å²) in [6.07, 6.45) is -2.14. The molecule has 0 atom stereocenters. The van der Waals surface area contributed by atoms with Gasteiger partial charge in [-0.15, -0.1) is 0 Å². The smallest absolute Gasteiger partial charge is 0.420 e. The van der Waals surface area contributed by atoms with Gasteiger partial charge in [0.05, 0.1) is 11.2 Å². The van der Waals surface area contributed by atoms with Gasteiger partial charge in [-0.05, 0) is 56.3 Å². The number of aromatic nitrogens is 2. The van der Waals surface area contributed by atoms with Crippen LogP contribution >= 0.6 is 11.8 Å². The van der Waals surface area contributed by atoms with Crippen molar-refractivity contribution in [1.29, 1.82) is 0 Å². The van der Waals surface area contributed by atoms with Crippen molar-refractivity contribution in [2.75, 3.05) is 6.61 Å². The van der Waals surface area contributed by atoms with E-state index in [0.717, 1.165) is 28.5 Å². The number of aliphatic hydroxyl groups is 1. The summed E-state index contributed by atoms with van der Waals surface area (Å²) in [6.45, 7) is 2.49. The highest BCUT2D eigenvalue weighted by molar-refractivity contribution is 7.99. The molecule has 0 spiro atoms. The lowest BCUT2D eigenvalue weighted by atomic mass is 10.1. The molecule has 2 aromatic carbocycles. The third-order valence-corrected chi connectivity index (χ3v) is 4.97. The number of phenols is 1. The zero-order valence-corrected chi connectivity index (χ0v) is 17.4. The fraction of sp³-hybridized carbons (Fsp3) is 0.238. The minimum absolute atomic E-state index is 0.0112. The van der Waals surface area contributed by atoms with Crippen molar-refractivity contribution < 1.29 is 28.1 Å². The first-order valence-electron chi connectivity index (χ1n) is 9.05. The van der Waals surface area contributed by atoms with Crippen LogP contribution in [0.1, 0.15) is 19.4 Å². The zero-order valence-electron chi connectivity index (χ0n) is 16.6. The molecule has 31 heavy (non-hydrogen) atoms. The van der Waals surface area contributed by atoms with E-state index >= 15 is 0 Å². The first-order chi connectivity index (χ1) is 14.4. The number of ether oxygens (including phenoxy) is 1. The van der Waals surface area contributed by atoms with Crippen LogP contribution in [-0.2, 0) is 6.18 Å². The molecule has 0 aliphatic carbocycles. The van der Waals surface area contributed by atoms with Gasteiger partial charge in [-0.1, -0.05) is 11.8 Å². The number of phenolic OH excluding ortho intramolecular Hbond substituents is 1. The molecular formula is C21H19F3N2O4S. The normalized spacial score (nSPS) is 12.1. The van der Waals surface area contributed by atoms with Crippen molar-refractivity contribution in [2.24, 2.45) is 0 Å². The SMILES string of the molecule is CC(C)(O)COc1ccc(-n2ccnc(Sc3ccc(O)cc3)c2=O)cc1C(F)(F)F. The quantitative estimate of drug-likeness (QED) is 0.582. The zero-order chi connectivity index (χ0) is 22.8. The Morgan fingerprint density at radius 1 is 1.13 bits per heavy atom. The fourth-order valence-electron chi connectivity index (χ4n) is 2.56. The number of aromatic hydroxyl groups is 1. The Labute approximate surface area is 180 Å². The predicted octanol–water partition coefficient (Wildman–Crippen LogP) is 4.26. The second kappa shape index (κ2) is 8.64. The summed E-state index contributed by atoms with van der Waals surface area (Å²) in [4.78, 5) is 17.5. The number of hydrogen-bond donors (Lipinski definition) is 2. The lowest BCUT2D eigenvalue weighted by molar-refractivity contribution is -0.139. The molecule has 0 aliphatic rings. The molecule has 3 aromatic rings. The summed E-state index contributed by atoms with van der Waals surface area (Å²) in [5.41, 5.74) is -2.99. The lowest BCUT2D eigenvalue weighted by Gasteiger charge is -2.21. The molecule has 0 saturated heterocycles. The molecule has 0 radical (unpaired) electrons. The Morgan fingerprint density at radius 3 is 2.42 bits per heavy atom. The van der Waals surface area contributed by atoms with Crippen LogP contribution in [-0.4, -0.2) is 32.0 Å². The molecule has 0 saturated carbocycles. The molecule has 10 heteroatoms. The van der Waals surface area contributed by atoms with Crippen LogP contribution in [0.25, 0.3) is 5.69 Å². The average molecular weight is 452 g/mol. The molecule has 1 heterocycles. The van der Waals surface area contributed by atoms with E-state index in [1.165, 1.54) is 44.4 Å². The maximum absolute atomic E-state index is 13.6. The van der Waals surface area contributed by atoms with E-state index in [-0.39, 0.29) is 23.1 Å². The lowest BCUT2D eigenvalue weighted by Crippen LogP contribution is -2.28. The Bertz CT molecular complexity index is 1120. The maximum Gasteiger partial charge on any atom is 0.420 e. The van der Waals surface area contributed by atoms with Gasteiger partial charge in [0.15, 0.2) is 5.03 Å². The number of rotatable bonds is 6. The van der Waals surface area contributed by atoms with Crippen molar-refractivity contribution in [3.8, 4) is 17.2 Å². The molecule has 0 aliphatic heterocycles. The van der Waals surface area contributed by atoms with E-state index in [4.69, 9.17) is 4.74 Å². The van der Waals surface area contributed by atoms with Crippen LogP contribution in [0.2, 0.25) is 0 Å². The van der Waals surface area contributed by atoms with E-state index in [1.54, 1.807) is 12.1 Å². The van der Waals surface area contributed by atoms with E-state index in [2.05, 4.69) is 4.98 Å². The Kier molecular flexibility index (Phi) is 6.33. The summed E-state index contributed by atoms with van der Waals surface area (Å²) >= 11 is 1.03. The van der Waals surface area contributed by atoms with Crippen molar-refractivity contribution in [1.82, 2.24) is 9.55 Å². The van der Waals surface area contributed by atoms with Crippen LogP contribution in [0.5, 0.6) is 11.5 Å². The van der Waals surface area contributed by atoms with Gasteiger partial charge in [0.1, 0.15) is 18.1 Å². The van der Waals surface area contributed by atoms with Crippen LogP contribution in [0.3, 0.4) is 0 Å². The number of hydrogen-bond acceptors (Lipinski definition) is 6. The molecule has 0 amide bonds. The van der Waals surface area contributed by atoms with Crippen LogP contribution in [0.15, 0.2) is 69.6 Å². The second-order valence-electron chi connectivity index (χ2n) is 7.28. The molecule has 0 bridgehead atoms. The molecular weight excluding hydrogens is 433 g/mol. The topological polar surface area (TPSA) is 84.6 Å². The van der Waals surface area contributed by atoms with Gasteiger partial charge in [0, 0.05) is 23.0 Å². The third-order valence-electron chi connectivity index (χ3n) is 3.99. The van der Waals surface area contributed by atoms with E-state index in [1.807, 2.05) is 0 Å². The largest absolute Gasteiger partial charge is 0.508 e. The van der Waals surface area contributed by atoms with E-state index in [9.17, 15) is 28.2 Å². The van der Waals surface area contributed by atoms with Gasteiger partial charge >= 0.3 is 6.18 Å². The molecule has 2 N–H and O–H groups in total. The number of halogens is 3. The summed E-state index contributed by atoms with van der Waals surface area (Å²) in [6, 6.07) is 9.34. The van der Waals surface area contributed by atoms with Gasteiger partial charge in [-0.25, -0.2) is 4.98 Å². The van der Waals surface area contributed by atoms with Gasteiger partial charge in [0.25, 0.3) is 5.56 Å². The average Bonchev–Trinajstić information content (AvgIpc) is 2.68. The molecule has 6 nitrogen and oxygen atoms in total. The fourth-order valence-corrected chi connectivity index (χ4v) is 3.36. The molecule has 164 valence electrons. The summed E-state index contributed by atoms with van der Waals surface area (Å²) in [5.74, 6) is -0.381. The van der Waals surface area contributed by atoms with Crippen molar-refractivity contribution in [3.05, 3.63) is 70.8 Å². The van der Waals surface area contributed by atoms with Gasteiger partial charge in [-0.3, -0.25) is 9.36 Å². The predicted molar refractivity (Wildman–Crippen MR) is 109 cm³/mol. The highest BCUT2D eigenvalue weighted by Crippen LogP contribution is 2.37. The minimum Gasteiger partial charge on any atom is -0.508 e. The third kappa shape index (κ3) is 5.80. The highest BCUT2D eigenvalue weighted by Gasteiger charge is 2.35. The standard InChI is InChI=1S/C21H19F3N2O4S/c1-20(2,29)12-30-17-8-3-13(11-16(17)21(22,23)24)26-10-9-25-18(19(26)28)31-15-6-4-14(27)5-7-15/h3-11,27,29H,12H2,1-2H3. The van der Waals surface area contributed by atoms with Gasteiger partial charge in [-0.2, -0.15) is 13.2 Å². The highest BCUT2D eigenvalue weighted by atomic mass is 32.2.